The number of nitro groups is 1. The second-order valence-electron chi connectivity index (χ2n) is 6.21. The first-order valence-electron chi connectivity index (χ1n) is 8.95. The SMILES string of the molecule is CCOc1ccc(NC(=O)[C@@H](CC)N(c2cccc([N+](=O)[O-])c2)S(C)(=O)=O)cc1. The molecule has 10 heteroatoms. The largest absolute Gasteiger partial charge is 0.494 e. The van der Waals surface area contributed by atoms with Gasteiger partial charge >= 0.3 is 0 Å². The summed E-state index contributed by atoms with van der Waals surface area (Å²) >= 11 is 0. The molecule has 2 aromatic rings. The first kappa shape index (κ1) is 22.2. The highest BCUT2D eigenvalue weighted by Crippen LogP contribution is 2.27. The minimum atomic E-state index is -3.89. The van der Waals surface area contributed by atoms with Gasteiger partial charge in [-0.05, 0) is 43.7 Å². The molecule has 0 saturated carbocycles. The lowest BCUT2D eigenvalue weighted by Gasteiger charge is -2.30. The van der Waals surface area contributed by atoms with E-state index in [9.17, 15) is 23.3 Å². The topological polar surface area (TPSA) is 119 Å². The number of anilines is 2. The molecular formula is C19H23N3O6S. The molecule has 0 aliphatic rings. The van der Waals surface area contributed by atoms with E-state index in [0.717, 1.165) is 16.6 Å². The zero-order chi connectivity index (χ0) is 21.6. The standard InChI is InChI=1S/C19H23N3O6S/c1-4-18(19(23)20-14-9-11-17(12-10-14)28-5-2)21(29(3,26)27)15-7-6-8-16(13-15)22(24)25/h6-13,18H,4-5H2,1-3H3,(H,20,23)/t18-/m1/s1. The van der Waals surface area contributed by atoms with Crippen LogP contribution in [0.2, 0.25) is 0 Å². The normalized spacial score (nSPS) is 12.1. The van der Waals surface area contributed by atoms with Crippen molar-refractivity contribution in [3.63, 3.8) is 0 Å². The summed E-state index contributed by atoms with van der Waals surface area (Å²) < 4.78 is 31.1. The minimum absolute atomic E-state index is 0.0513. The van der Waals surface area contributed by atoms with Crippen LogP contribution in [0.5, 0.6) is 5.75 Å². The van der Waals surface area contributed by atoms with Crippen LogP contribution in [0.25, 0.3) is 0 Å². The van der Waals surface area contributed by atoms with E-state index in [1.807, 2.05) is 6.92 Å². The molecule has 0 spiro atoms. The van der Waals surface area contributed by atoms with Gasteiger partial charge in [-0.3, -0.25) is 19.2 Å². The predicted molar refractivity (Wildman–Crippen MR) is 111 cm³/mol. The number of amides is 1. The molecule has 9 nitrogen and oxygen atoms in total. The summed E-state index contributed by atoms with van der Waals surface area (Å²) in [5.41, 5.74) is 0.262. The van der Waals surface area contributed by atoms with Gasteiger partial charge in [0, 0.05) is 17.8 Å². The third-order valence-corrected chi connectivity index (χ3v) is 5.24. The number of nitrogens with zero attached hydrogens (tertiary/aromatic N) is 2. The van der Waals surface area contributed by atoms with Gasteiger partial charge in [0.15, 0.2) is 0 Å². The van der Waals surface area contributed by atoms with E-state index in [0.29, 0.717) is 18.0 Å². The monoisotopic (exact) mass is 421 g/mol. The van der Waals surface area contributed by atoms with Crippen LogP contribution in [0.3, 0.4) is 0 Å². The molecule has 0 aliphatic carbocycles. The smallest absolute Gasteiger partial charge is 0.271 e. The Kier molecular flexibility index (Phi) is 7.16. The lowest BCUT2D eigenvalue weighted by atomic mass is 10.1. The van der Waals surface area contributed by atoms with Gasteiger partial charge in [-0.15, -0.1) is 0 Å². The number of carbonyl (C=O) groups excluding carboxylic acids is 1. The third-order valence-electron chi connectivity index (χ3n) is 4.06. The molecule has 0 heterocycles. The fraction of sp³-hybridized carbons (Fsp3) is 0.316. The second-order valence-corrected chi connectivity index (χ2v) is 8.07. The summed E-state index contributed by atoms with van der Waals surface area (Å²) in [6, 6.07) is 10.8. The van der Waals surface area contributed by atoms with Crippen molar-refractivity contribution in [2.45, 2.75) is 26.3 Å². The Morgan fingerprint density at radius 3 is 2.38 bits per heavy atom. The fourth-order valence-corrected chi connectivity index (χ4v) is 4.03. The van der Waals surface area contributed by atoms with Crippen molar-refractivity contribution >= 4 is 33.0 Å². The van der Waals surface area contributed by atoms with Crippen molar-refractivity contribution in [3.05, 3.63) is 58.6 Å². The quantitative estimate of drug-likeness (QED) is 0.491. The highest BCUT2D eigenvalue weighted by Gasteiger charge is 2.32. The summed E-state index contributed by atoms with van der Waals surface area (Å²) in [6.45, 7) is 4.03. The van der Waals surface area contributed by atoms with Crippen LogP contribution in [0.1, 0.15) is 20.3 Å². The molecule has 29 heavy (non-hydrogen) atoms. The van der Waals surface area contributed by atoms with E-state index >= 15 is 0 Å². The van der Waals surface area contributed by atoms with Gasteiger partial charge in [-0.25, -0.2) is 8.42 Å². The van der Waals surface area contributed by atoms with Gasteiger partial charge in [0.2, 0.25) is 15.9 Å². The van der Waals surface area contributed by atoms with Crippen LogP contribution in [0.15, 0.2) is 48.5 Å². The average Bonchev–Trinajstić information content (AvgIpc) is 2.66. The number of ether oxygens (including phenoxy) is 1. The van der Waals surface area contributed by atoms with Crippen molar-refractivity contribution in [3.8, 4) is 5.75 Å². The molecule has 0 saturated heterocycles. The Morgan fingerprint density at radius 1 is 1.21 bits per heavy atom. The Balaban J connectivity index is 2.34. The molecule has 156 valence electrons. The van der Waals surface area contributed by atoms with Crippen molar-refractivity contribution in [1.29, 1.82) is 0 Å². The van der Waals surface area contributed by atoms with Gasteiger partial charge < -0.3 is 10.1 Å². The molecule has 0 aliphatic heterocycles. The van der Waals surface area contributed by atoms with E-state index in [1.165, 1.54) is 18.2 Å². The molecule has 1 N–H and O–H groups in total. The number of non-ortho nitro benzene ring substituents is 1. The maximum atomic E-state index is 12.9. The average molecular weight is 421 g/mol. The molecule has 1 amide bonds. The van der Waals surface area contributed by atoms with Crippen LogP contribution in [0, 0.1) is 10.1 Å². The van der Waals surface area contributed by atoms with Crippen molar-refractivity contribution in [1.82, 2.24) is 0 Å². The number of rotatable bonds is 9. The molecule has 0 radical (unpaired) electrons. The Morgan fingerprint density at radius 2 is 1.86 bits per heavy atom. The van der Waals surface area contributed by atoms with Gasteiger partial charge in [0.1, 0.15) is 11.8 Å². The first-order chi connectivity index (χ1) is 13.7. The summed E-state index contributed by atoms with van der Waals surface area (Å²) in [7, 11) is -3.89. The van der Waals surface area contributed by atoms with Gasteiger partial charge in [-0.2, -0.15) is 0 Å². The van der Waals surface area contributed by atoms with Crippen LogP contribution >= 0.6 is 0 Å². The maximum Gasteiger partial charge on any atom is 0.271 e. The predicted octanol–water partition coefficient (Wildman–Crippen LogP) is 3.18. The summed E-state index contributed by atoms with van der Waals surface area (Å²) in [5, 5.41) is 13.7. The fourth-order valence-electron chi connectivity index (χ4n) is 2.83. The second kappa shape index (κ2) is 9.37. The molecule has 2 rings (SSSR count). The Labute approximate surface area is 169 Å². The van der Waals surface area contributed by atoms with Gasteiger partial charge in [0.25, 0.3) is 5.69 Å². The molecule has 0 bridgehead atoms. The number of nitrogens with one attached hydrogen (secondary N) is 1. The summed E-state index contributed by atoms with van der Waals surface area (Å²) in [5.74, 6) is 0.0977. The summed E-state index contributed by atoms with van der Waals surface area (Å²) in [6.07, 6.45) is 1.12. The van der Waals surface area contributed by atoms with Gasteiger partial charge in [0.05, 0.1) is 23.5 Å². The highest BCUT2D eigenvalue weighted by molar-refractivity contribution is 7.92. The van der Waals surface area contributed by atoms with E-state index in [1.54, 1.807) is 31.2 Å². The van der Waals surface area contributed by atoms with E-state index in [-0.39, 0.29) is 17.8 Å². The molecule has 0 aromatic heterocycles. The van der Waals surface area contributed by atoms with E-state index < -0.39 is 26.9 Å². The summed E-state index contributed by atoms with van der Waals surface area (Å²) in [4.78, 5) is 23.3. The molecular weight excluding hydrogens is 398 g/mol. The lowest BCUT2D eigenvalue weighted by Crippen LogP contribution is -2.47. The van der Waals surface area contributed by atoms with Crippen molar-refractivity contribution < 1.29 is 22.9 Å². The molecule has 0 fully saturated rings. The maximum absolute atomic E-state index is 12.9. The van der Waals surface area contributed by atoms with E-state index in [4.69, 9.17) is 4.74 Å². The lowest BCUT2D eigenvalue weighted by molar-refractivity contribution is -0.384. The first-order valence-corrected chi connectivity index (χ1v) is 10.8. The zero-order valence-corrected chi connectivity index (χ0v) is 17.2. The number of benzene rings is 2. The number of carbonyl (C=O) groups is 1. The van der Waals surface area contributed by atoms with Crippen LogP contribution in [-0.4, -0.2) is 38.2 Å². The van der Waals surface area contributed by atoms with Gasteiger partial charge in [-0.1, -0.05) is 13.0 Å². The van der Waals surface area contributed by atoms with Crippen LogP contribution < -0.4 is 14.4 Å². The highest BCUT2D eigenvalue weighted by atomic mass is 32.2. The van der Waals surface area contributed by atoms with Crippen LogP contribution in [0.4, 0.5) is 17.1 Å². The number of nitro benzene ring substituents is 1. The minimum Gasteiger partial charge on any atom is -0.494 e. The van der Waals surface area contributed by atoms with Crippen LogP contribution in [-0.2, 0) is 14.8 Å². The number of hydrogen-bond donors (Lipinski definition) is 1. The Hall–Kier alpha value is -3.14. The molecule has 0 unspecified atom stereocenters. The molecule has 1 atom stereocenters. The molecule has 2 aromatic carbocycles. The van der Waals surface area contributed by atoms with Crippen molar-refractivity contribution in [2.24, 2.45) is 0 Å². The third kappa shape index (κ3) is 5.67. The number of sulfonamides is 1. The number of hydrogen-bond acceptors (Lipinski definition) is 6. The Bertz CT molecular complexity index is 976. The zero-order valence-electron chi connectivity index (χ0n) is 16.4. The van der Waals surface area contributed by atoms with Crippen molar-refractivity contribution in [2.75, 3.05) is 22.5 Å². The van der Waals surface area contributed by atoms with E-state index in [2.05, 4.69) is 5.32 Å².